The zero-order chi connectivity index (χ0) is 10.3. The topological polar surface area (TPSA) is 12.0 Å². The van der Waals surface area contributed by atoms with E-state index in [0.717, 1.165) is 11.4 Å². The summed E-state index contributed by atoms with van der Waals surface area (Å²) in [5, 5.41) is 4.41. The molecule has 0 aliphatic carbocycles. The first kappa shape index (κ1) is 9.44. The number of nitrogens with one attached hydrogen (secondary N) is 1. The molecule has 2 aliphatic heterocycles. The number of rotatable bonds is 1. The molecule has 0 radical (unpaired) electrons. The van der Waals surface area contributed by atoms with Crippen molar-refractivity contribution in [3.63, 3.8) is 0 Å². The average molecular weight is 220 g/mol. The Balaban J connectivity index is 1.91. The number of hydrogen-bond donors (Lipinski definition) is 1. The Hall–Kier alpha value is -0.790. The molecule has 0 amide bonds. The summed E-state index contributed by atoms with van der Waals surface area (Å²) in [5.41, 5.74) is 2.82. The fourth-order valence-corrected chi connectivity index (χ4v) is 2.72. The van der Waals surface area contributed by atoms with Crippen molar-refractivity contribution in [3.05, 3.63) is 40.9 Å². The first-order valence-electron chi connectivity index (χ1n) is 5.54. The maximum absolute atomic E-state index is 5.89. The summed E-state index contributed by atoms with van der Waals surface area (Å²) in [7, 11) is 0. The van der Waals surface area contributed by atoms with Crippen LogP contribution in [0.4, 0.5) is 0 Å². The van der Waals surface area contributed by atoms with Crippen molar-refractivity contribution in [1.82, 2.24) is 5.32 Å². The van der Waals surface area contributed by atoms with Crippen LogP contribution >= 0.6 is 11.6 Å². The van der Waals surface area contributed by atoms with Crippen LogP contribution in [0.1, 0.15) is 24.8 Å². The van der Waals surface area contributed by atoms with Gasteiger partial charge in [0.15, 0.2) is 0 Å². The number of fused-ring (bicyclic) bond motifs is 2. The third kappa shape index (κ3) is 1.82. The van der Waals surface area contributed by atoms with E-state index in [-0.39, 0.29) is 0 Å². The van der Waals surface area contributed by atoms with Crippen LogP contribution in [0.25, 0.3) is 5.57 Å². The summed E-state index contributed by atoms with van der Waals surface area (Å²) in [6.07, 6.45) is 6.16. The van der Waals surface area contributed by atoms with E-state index in [0.29, 0.717) is 12.1 Å². The Morgan fingerprint density at radius 2 is 1.93 bits per heavy atom. The van der Waals surface area contributed by atoms with Crippen molar-refractivity contribution < 1.29 is 0 Å². The number of hydrogen-bond acceptors (Lipinski definition) is 1. The van der Waals surface area contributed by atoms with Crippen molar-refractivity contribution >= 4 is 17.2 Å². The fraction of sp³-hybridized carbons (Fsp3) is 0.385. The maximum atomic E-state index is 5.89. The molecule has 0 saturated carbocycles. The van der Waals surface area contributed by atoms with Crippen molar-refractivity contribution in [1.29, 1.82) is 0 Å². The van der Waals surface area contributed by atoms with E-state index in [2.05, 4.69) is 23.5 Å². The van der Waals surface area contributed by atoms with Gasteiger partial charge in [0, 0.05) is 17.1 Å². The van der Waals surface area contributed by atoms with Crippen LogP contribution in [0, 0.1) is 0 Å². The van der Waals surface area contributed by atoms with E-state index in [1.54, 1.807) is 0 Å². The lowest BCUT2D eigenvalue weighted by atomic mass is 9.96. The molecule has 1 nitrogen and oxygen atoms in total. The van der Waals surface area contributed by atoms with Gasteiger partial charge in [-0.3, -0.25) is 0 Å². The van der Waals surface area contributed by atoms with Gasteiger partial charge in [-0.05, 0) is 42.5 Å². The monoisotopic (exact) mass is 219 g/mol. The molecular weight excluding hydrogens is 206 g/mol. The van der Waals surface area contributed by atoms with E-state index in [1.807, 2.05) is 12.1 Å². The quantitative estimate of drug-likeness (QED) is 0.765. The number of halogens is 1. The van der Waals surface area contributed by atoms with Gasteiger partial charge in [0.25, 0.3) is 0 Å². The fourth-order valence-electron chi connectivity index (χ4n) is 2.60. The van der Waals surface area contributed by atoms with Gasteiger partial charge < -0.3 is 5.32 Å². The van der Waals surface area contributed by atoms with Crippen LogP contribution in [0.3, 0.4) is 0 Å². The summed E-state index contributed by atoms with van der Waals surface area (Å²) < 4.78 is 0. The first-order chi connectivity index (χ1) is 7.31. The highest BCUT2D eigenvalue weighted by Crippen LogP contribution is 2.32. The van der Waals surface area contributed by atoms with Crippen molar-refractivity contribution in [3.8, 4) is 0 Å². The van der Waals surface area contributed by atoms with Crippen molar-refractivity contribution in [2.45, 2.75) is 31.3 Å². The Labute approximate surface area is 95.1 Å². The molecular formula is C13H14ClN. The molecule has 2 aliphatic rings. The molecule has 1 N–H and O–H groups in total. The SMILES string of the molecule is Clc1ccc(C2=C[C@H]3CC[C@@H](C2)N3)cc1. The van der Waals surface area contributed by atoms with Gasteiger partial charge in [0.1, 0.15) is 0 Å². The molecule has 0 aromatic heterocycles. The largest absolute Gasteiger partial charge is 0.307 e. The third-order valence-corrected chi connectivity index (χ3v) is 3.61. The van der Waals surface area contributed by atoms with Crippen molar-refractivity contribution in [2.24, 2.45) is 0 Å². The van der Waals surface area contributed by atoms with Crippen LogP contribution in [0.15, 0.2) is 30.3 Å². The number of benzene rings is 1. The van der Waals surface area contributed by atoms with Gasteiger partial charge >= 0.3 is 0 Å². The summed E-state index contributed by atoms with van der Waals surface area (Å²) in [5.74, 6) is 0. The molecule has 0 unspecified atom stereocenters. The van der Waals surface area contributed by atoms with Gasteiger partial charge in [-0.25, -0.2) is 0 Å². The van der Waals surface area contributed by atoms with Crippen LogP contribution in [-0.4, -0.2) is 12.1 Å². The molecule has 78 valence electrons. The third-order valence-electron chi connectivity index (χ3n) is 3.36. The molecule has 2 heterocycles. The lowest BCUT2D eigenvalue weighted by Crippen LogP contribution is -2.31. The van der Waals surface area contributed by atoms with Gasteiger partial charge in [-0.2, -0.15) is 0 Å². The standard InChI is InChI=1S/C13H14ClN/c14-11-3-1-9(2-4-11)10-7-12-5-6-13(8-10)15-12/h1-4,7,12-13,15H,5-6,8H2/t12-,13+/m1/s1. The summed E-state index contributed by atoms with van der Waals surface area (Å²) in [4.78, 5) is 0. The maximum Gasteiger partial charge on any atom is 0.0406 e. The average Bonchev–Trinajstić information content (AvgIpc) is 2.59. The van der Waals surface area contributed by atoms with Crippen molar-refractivity contribution in [2.75, 3.05) is 0 Å². The minimum Gasteiger partial charge on any atom is -0.307 e. The highest BCUT2D eigenvalue weighted by atomic mass is 35.5. The van der Waals surface area contributed by atoms with Gasteiger partial charge in [-0.1, -0.05) is 29.8 Å². The van der Waals surface area contributed by atoms with Crippen LogP contribution in [0.2, 0.25) is 5.02 Å². The molecule has 15 heavy (non-hydrogen) atoms. The van der Waals surface area contributed by atoms with E-state index >= 15 is 0 Å². The molecule has 1 aromatic rings. The zero-order valence-corrected chi connectivity index (χ0v) is 9.30. The van der Waals surface area contributed by atoms with E-state index < -0.39 is 0 Å². The van der Waals surface area contributed by atoms with Crippen LogP contribution in [-0.2, 0) is 0 Å². The molecule has 2 bridgehead atoms. The van der Waals surface area contributed by atoms with Gasteiger partial charge in [0.2, 0.25) is 0 Å². The minimum absolute atomic E-state index is 0.606. The van der Waals surface area contributed by atoms with Gasteiger partial charge in [-0.15, -0.1) is 0 Å². The summed E-state index contributed by atoms with van der Waals surface area (Å²) >= 11 is 5.89. The Morgan fingerprint density at radius 1 is 1.13 bits per heavy atom. The first-order valence-corrected chi connectivity index (χ1v) is 5.92. The van der Waals surface area contributed by atoms with Gasteiger partial charge in [0.05, 0.1) is 0 Å². The zero-order valence-electron chi connectivity index (χ0n) is 8.54. The summed E-state index contributed by atoms with van der Waals surface area (Å²) in [6.45, 7) is 0. The molecule has 1 fully saturated rings. The molecule has 0 spiro atoms. The van der Waals surface area contributed by atoms with Crippen LogP contribution in [0.5, 0.6) is 0 Å². The highest BCUT2D eigenvalue weighted by Gasteiger charge is 2.27. The van der Waals surface area contributed by atoms with Crippen LogP contribution < -0.4 is 5.32 Å². The Kier molecular flexibility index (Phi) is 2.30. The normalized spacial score (nSPS) is 29.0. The molecule has 2 atom stereocenters. The lowest BCUT2D eigenvalue weighted by molar-refractivity contribution is 0.575. The lowest BCUT2D eigenvalue weighted by Gasteiger charge is -2.21. The predicted molar refractivity (Wildman–Crippen MR) is 64.0 cm³/mol. The van der Waals surface area contributed by atoms with E-state index in [4.69, 9.17) is 11.6 Å². The Morgan fingerprint density at radius 3 is 2.67 bits per heavy atom. The molecule has 1 saturated heterocycles. The molecule has 3 rings (SSSR count). The van der Waals surface area contributed by atoms with E-state index in [9.17, 15) is 0 Å². The molecule has 1 aromatic carbocycles. The second-order valence-electron chi connectivity index (χ2n) is 4.45. The second-order valence-corrected chi connectivity index (χ2v) is 4.89. The summed E-state index contributed by atoms with van der Waals surface area (Å²) in [6, 6.07) is 9.50. The molecule has 2 heteroatoms. The smallest absolute Gasteiger partial charge is 0.0406 e. The predicted octanol–water partition coefficient (Wildman–Crippen LogP) is 3.25. The highest BCUT2D eigenvalue weighted by molar-refractivity contribution is 6.30. The second kappa shape index (κ2) is 3.66. The van der Waals surface area contributed by atoms with E-state index in [1.165, 1.54) is 24.0 Å². The Bertz CT molecular complexity index is 394. The minimum atomic E-state index is 0.606.